The molecule has 0 aliphatic carbocycles. The summed E-state index contributed by atoms with van der Waals surface area (Å²) < 4.78 is 0. The molecule has 2 heteroatoms. The van der Waals surface area contributed by atoms with E-state index in [-0.39, 0.29) is 6.61 Å². The van der Waals surface area contributed by atoms with Gasteiger partial charge in [0.2, 0.25) is 0 Å². The van der Waals surface area contributed by atoms with E-state index in [0.717, 1.165) is 22.4 Å². The van der Waals surface area contributed by atoms with Gasteiger partial charge in [-0.15, -0.1) is 0 Å². The monoisotopic (exact) mass is 211 g/mol. The van der Waals surface area contributed by atoms with Gasteiger partial charge in [0.1, 0.15) is 0 Å². The Morgan fingerprint density at radius 2 is 1.88 bits per heavy atom. The molecule has 0 aliphatic heterocycles. The topological polar surface area (TPSA) is 33.1 Å². The summed E-state index contributed by atoms with van der Waals surface area (Å²) in [6, 6.07) is 13.5. The van der Waals surface area contributed by atoms with Crippen molar-refractivity contribution < 1.29 is 5.11 Å². The summed E-state index contributed by atoms with van der Waals surface area (Å²) in [5, 5.41) is 9.23. The first-order valence-corrected chi connectivity index (χ1v) is 5.12. The molecule has 2 aromatic rings. The lowest BCUT2D eigenvalue weighted by Crippen LogP contribution is -1.97. The van der Waals surface area contributed by atoms with E-state index < -0.39 is 0 Å². The first kappa shape index (κ1) is 10.6. The Kier molecular flexibility index (Phi) is 3.13. The van der Waals surface area contributed by atoms with Crippen LogP contribution in [0.2, 0.25) is 0 Å². The van der Waals surface area contributed by atoms with Crippen LogP contribution in [0.5, 0.6) is 0 Å². The second-order valence-corrected chi connectivity index (χ2v) is 3.51. The highest BCUT2D eigenvalue weighted by molar-refractivity contribution is 5.77. The van der Waals surface area contributed by atoms with E-state index in [2.05, 4.69) is 11.6 Å². The van der Waals surface area contributed by atoms with Crippen molar-refractivity contribution in [2.24, 2.45) is 0 Å². The zero-order valence-corrected chi connectivity index (χ0v) is 8.93. The highest BCUT2D eigenvalue weighted by atomic mass is 16.3. The molecule has 16 heavy (non-hydrogen) atoms. The van der Waals surface area contributed by atoms with Crippen LogP contribution >= 0.6 is 0 Å². The molecule has 0 aliphatic rings. The Hall–Kier alpha value is -1.93. The van der Waals surface area contributed by atoms with E-state index in [1.54, 1.807) is 6.20 Å². The average Bonchev–Trinajstić information content (AvgIpc) is 2.39. The van der Waals surface area contributed by atoms with Crippen LogP contribution in [-0.4, -0.2) is 10.1 Å². The fourth-order valence-corrected chi connectivity index (χ4v) is 1.61. The normalized spacial score (nSPS) is 10.1. The molecular formula is C14H13NO. The Morgan fingerprint density at radius 3 is 2.56 bits per heavy atom. The van der Waals surface area contributed by atoms with Crippen molar-refractivity contribution in [1.82, 2.24) is 4.98 Å². The van der Waals surface area contributed by atoms with Crippen molar-refractivity contribution in [3.8, 4) is 0 Å². The van der Waals surface area contributed by atoms with Crippen LogP contribution < -0.4 is 0 Å². The van der Waals surface area contributed by atoms with Crippen molar-refractivity contribution in [3.05, 3.63) is 72.1 Å². The number of hydrogen-bond acceptors (Lipinski definition) is 2. The Labute approximate surface area is 94.9 Å². The summed E-state index contributed by atoms with van der Waals surface area (Å²) in [6.07, 6.45) is 1.71. The molecule has 0 bridgehead atoms. The highest BCUT2D eigenvalue weighted by Gasteiger charge is 2.07. The third kappa shape index (κ3) is 2.02. The van der Waals surface area contributed by atoms with Crippen LogP contribution in [0.15, 0.2) is 55.2 Å². The molecule has 0 unspecified atom stereocenters. The molecule has 0 amide bonds. The fourth-order valence-electron chi connectivity index (χ4n) is 1.61. The van der Waals surface area contributed by atoms with Gasteiger partial charge >= 0.3 is 0 Å². The Balaban J connectivity index is 2.42. The SMILES string of the molecule is C=C(c1ccccc1)c1ncccc1CO. The predicted molar refractivity (Wildman–Crippen MR) is 64.7 cm³/mol. The average molecular weight is 211 g/mol. The lowest BCUT2D eigenvalue weighted by atomic mass is 10.0. The molecule has 0 saturated heterocycles. The van der Waals surface area contributed by atoms with Crippen LogP contribution in [0.4, 0.5) is 0 Å². The largest absolute Gasteiger partial charge is 0.392 e. The number of aliphatic hydroxyl groups is 1. The number of rotatable bonds is 3. The summed E-state index contributed by atoms with van der Waals surface area (Å²) in [4.78, 5) is 4.27. The van der Waals surface area contributed by atoms with Crippen LogP contribution in [0.1, 0.15) is 16.8 Å². The molecule has 0 spiro atoms. The van der Waals surface area contributed by atoms with E-state index in [1.165, 1.54) is 0 Å². The first-order valence-electron chi connectivity index (χ1n) is 5.12. The smallest absolute Gasteiger partial charge is 0.0757 e. The number of hydrogen-bond donors (Lipinski definition) is 1. The standard InChI is InChI=1S/C14H13NO/c1-11(12-6-3-2-4-7-12)14-13(10-16)8-5-9-15-14/h2-9,16H,1,10H2. The van der Waals surface area contributed by atoms with Crippen LogP contribution in [0.3, 0.4) is 0 Å². The summed E-state index contributed by atoms with van der Waals surface area (Å²) in [5.74, 6) is 0. The Morgan fingerprint density at radius 1 is 1.12 bits per heavy atom. The molecule has 0 fully saturated rings. The summed E-state index contributed by atoms with van der Waals surface area (Å²) >= 11 is 0. The maximum absolute atomic E-state index is 9.23. The summed E-state index contributed by atoms with van der Waals surface area (Å²) in [7, 11) is 0. The second kappa shape index (κ2) is 4.73. The molecule has 80 valence electrons. The molecule has 2 nitrogen and oxygen atoms in total. The molecule has 1 aromatic carbocycles. The zero-order chi connectivity index (χ0) is 11.4. The quantitative estimate of drug-likeness (QED) is 0.846. The van der Waals surface area contributed by atoms with Gasteiger partial charge in [0.25, 0.3) is 0 Å². The zero-order valence-electron chi connectivity index (χ0n) is 8.93. The van der Waals surface area contributed by atoms with Crippen molar-refractivity contribution in [3.63, 3.8) is 0 Å². The van der Waals surface area contributed by atoms with Gasteiger partial charge in [-0.05, 0) is 11.6 Å². The van der Waals surface area contributed by atoms with Gasteiger partial charge in [-0.3, -0.25) is 4.98 Å². The van der Waals surface area contributed by atoms with Gasteiger partial charge in [0.15, 0.2) is 0 Å². The molecule has 1 aromatic heterocycles. The van der Waals surface area contributed by atoms with Gasteiger partial charge in [0.05, 0.1) is 12.3 Å². The fraction of sp³-hybridized carbons (Fsp3) is 0.0714. The van der Waals surface area contributed by atoms with Gasteiger partial charge < -0.3 is 5.11 Å². The molecular weight excluding hydrogens is 198 g/mol. The minimum atomic E-state index is -0.0188. The Bertz CT molecular complexity index is 491. The van der Waals surface area contributed by atoms with Crippen molar-refractivity contribution in [2.75, 3.05) is 0 Å². The molecule has 1 heterocycles. The van der Waals surface area contributed by atoms with Gasteiger partial charge in [-0.1, -0.05) is 43.0 Å². The van der Waals surface area contributed by atoms with Crippen LogP contribution in [-0.2, 0) is 6.61 Å². The second-order valence-electron chi connectivity index (χ2n) is 3.51. The van der Waals surface area contributed by atoms with E-state index in [1.807, 2.05) is 42.5 Å². The third-order valence-electron chi connectivity index (χ3n) is 2.47. The van der Waals surface area contributed by atoms with E-state index in [4.69, 9.17) is 0 Å². The molecule has 0 atom stereocenters. The van der Waals surface area contributed by atoms with E-state index >= 15 is 0 Å². The number of aliphatic hydroxyl groups excluding tert-OH is 1. The maximum Gasteiger partial charge on any atom is 0.0757 e. The number of aromatic nitrogens is 1. The highest BCUT2D eigenvalue weighted by Crippen LogP contribution is 2.22. The summed E-state index contributed by atoms with van der Waals surface area (Å²) in [6.45, 7) is 4.01. The molecule has 1 N–H and O–H groups in total. The van der Waals surface area contributed by atoms with Crippen molar-refractivity contribution >= 4 is 5.57 Å². The van der Waals surface area contributed by atoms with Gasteiger partial charge in [-0.2, -0.15) is 0 Å². The van der Waals surface area contributed by atoms with Crippen molar-refractivity contribution in [1.29, 1.82) is 0 Å². The van der Waals surface area contributed by atoms with Gasteiger partial charge in [-0.25, -0.2) is 0 Å². The number of nitrogens with zero attached hydrogens (tertiary/aromatic N) is 1. The maximum atomic E-state index is 9.23. The molecule has 2 rings (SSSR count). The third-order valence-corrected chi connectivity index (χ3v) is 2.47. The minimum Gasteiger partial charge on any atom is -0.392 e. The lowest BCUT2D eigenvalue weighted by Gasteiger charge is -2.08. The summed E-state index contributed by atoms with van der Waals surface area (Å²) in [5.41, 5.74) is 3.42. The van der Waals surface area contributed by atoms with Gasteiger partial charge in [0, 0.05) is 17.3 Å². The number of benzene rings is 1. The van der Waals surface area contributed by atoms with Crippen LogP contribution in [0.25, 0.3) is 5.57 Å². The van der Waals surface area contributed by atoms with E-state index in [9.17, 15) is 5.11 Å². The van der Waals surface area contributed by atoms with Crippen LogP contribution in [0, 0.1) is 0 Å². The first-order chi connectivity index (χ1) is 7.83. The lowest BCUT2D eigenvalue weighted by molar-refractivity contribution is 0.281. The predicted octanol–water partition coefficient (Wildman–Crippen LogP) is 2.64. The molecule has 0 saturated carbocycles. The number of pyridine rings is 1. The van der Waals surface area contributed by atoms with Crippen molar-refractivity contribution in [2.45, 2.75) is 6.61 Å². The van der Waals surface area contributed by atoms with E-state index in [0.29, 0.717) is 0 Å². The minimum absolute atomic E-state index is 0.0188. The molecule has 0 radical (unpaired) electrons.